The van der Waals surface area contributed by atoms with Crippen molar-refractivity contribution >= 4 is 0 Å². The molecule has 1 aliphatic heterocycles. The SMILES string of the molecule is CC1CC1(C#N)c1ccc2c(c1)OCO2. The van der Waals surface area contributed by atoms with Crippen molar-refractivity contribution in [1.82, 2.24) is 0 Å². The monoisotopic (exact) mass is 201 g/mol. The van der Waals surface area contributed by atoms with Crippen LogP contribution in [0.5, 0.6) is 11.5 Å². The van der Waals surface area contributed by atoms with Crippen molar-refractivity contribution in [3.05, 3.63) is 23.8 Å². The van der Waals surface area contributed by atoms with E-state index in [1.807, 2.05) is 18.2 Å². The smallest absolute Gasteiger partial charge is 0.231 e. The molecule has 1 aliphatic carbocycles. The number of rotatable bonds is 1. The lowest BCUT2D eigenvalue weighted by molar-refractivity contribution is 0.174. The highest BCUT2D eigenvalue weighted by Crippen LogP contribution is 2.54. The molecule has 15 heavy (non-hydrogen) atoms. The van der Waals surface area contributed by atoms with Crippen LogP contribution in [0.25, 0.3) is 0 Å². The van der Waals surface area contributed by atoms with Crippen molar-refractivity contribution in [2.75, 3.05) is 6.79 Å². The Bertz CT molecular complexity index is 463. The lowest BCUT2D eigenvalue weighted by Gasteiger charge is -2.08. The zero-order chi connectivity index (χ0) is 10.5. The third-order valence-corrected chi connectivity index (χ3v) is 3.40. The van der Waals surface area contributed by atoms with Gasteiger partial charge >= 0.3 is 0 Å². The molecule has 76 valence electrons. The topological polar surface area (TPSA) is 42.2 Å². The maximum Gasteiger partial charge on any atom is 0.231 e. The number of hydrogen-bond acceptors (Lipinski definition) is 3. The third-order valence-electron chi connectivity index (χ3n) is 3.40. The Morgan fingerprint density at radius 2 is 2.13 bits per heavy atom. The fraction of sp³-hybridized carbons (Fsp3) is 0.417. The quantitative estimate of drug-likeness (QED) is 0.699. The minimum Gasteiger partial charge on any atom is -0.454 e. The summed E-state index contributed by atoms with van der Waals surface area (Å²) >= 11 is 0. The zero-order valence-corrected chi connectivity index (χ0v) is 8.49. The van der Waals surface area contributed by atoms with Gasteiger partial charge in [0.25, 0.3) is 0 Å². The van der Waals surface area contributed by atoms with Crippen LogP contribution in [0, 0.1) is 17.2 Å². The molecule has 0 bridgehead atoms. The van der Waals surface area contributed by atoms with E-state index < -0.39 is 0 Å². The van der Waals surface area contributed by atoms with Crippen molar-refractivity contribution < 1.29 is 9.47 Å². The second-order valence-corrected chi connectivity index (χ2v) is 4.26. The van der Waals surface area contributed by atoms with Crippen LogP contribution in [0.4, 0.5) is 0 Å². The Kier molecular flexibility index (Phi) is 1.53. The van der Waals surface area contributed by atoms with Crippen molar-refractivity contribution in [3.8, 4) is 17.6 Å². The van der Waals surface area contributed by atoms with Crippen LogP contribution < -0.4 is 9.47 Å². The lowest BCUT2D eigenvalue weighted by atomic mass is 9.95. The Labute approximate surface area is 88.2 Å². The van der Waals surface area contributed by atoms with Crippen molar-refractivity contribution in [2.24, 2.45) is 5.92 Å². The third kappa shape index (κ3) is 1.05. The van der Waals surface area contributed by atoms with Gasteiger partial charge in [-0.15, -0.1) is 0 Å². The molecule has 0 spiro atoms. The molecule has 1 fully saturated rings. The normalized spacial score (nSPS) is 31.1. The molecule has 3 heteroatoms. The predicted octanol–water partition coefficient (Wildman–Crippen LogP) is 2.22. The molecule has 2 unspecified atom stereocenters. The summed E-state index contributed by atoms with van der Waals surface area (Å²) in [4.78, 5) is 0. The number of nitrogens with zero attached hydrogens (tertiary/aromatic N) is 1. The predicted molar refractivity (Wildman–Crippen MR) is 53.6 cm³/mol. The van der Waals surface area contributed by atoms with Gasteiger partial charge < -0.3 is 9.47 Å². The van der Waals surface area contributed by atoms with Gasteiger partial charge in [-0.3, -0.25) is 0 Å². The van der Waals surface area contributed by atoms with Gasteiger partial charge in [-0.1, -0.05) is 13.0 Å². The Hall–Kier alpha value is -1.69. The van der Waals surface area contributed by atoms with Gasteiger partial charge in [0.15, 0.2) is 11.5 Å². The number of hydrogen-bond donors (Lipinski definition) is 0. The summed E-state index contributed by atoms with van der Waals surface area (Å²) in [6, 6.07) is 8.22. The molecule has 0 aromatic heterocycles. The summed E-state index contributed by atoms with van der Waals surface area (Å²) in [5, 5.41) is 9.21. The molecule has 1 aromatic rings. The Morgan fingerprint density at radius 1 is 1.40 bits per heavy atom. The number of benzene rings is 1. The van der Waals surface area contributed by atoms with Gasteiger partial charge in [0.05, 0.1) is 11.5 Å². The number of fused-ring (bicyclic) bond motifs is 1. The van der Waals surface area contributed by atoms with E-state index in [-0.39, 0.29) is 12.2 Å². The molecule has 0 saturated heterocycles. The molecule has 0 amide bonds. The van der Waals surface area contributed by atoms with Crippen LogP contribution in [0.1, 0.15) is 18.9 Å². The molecular formula is C12H11NO2. The Morgan fingerprint density at radius 3 is 2.80 bits per heavy atom. The molecule has 3 nitrogen and oxygen atoms in total. The van der Waals surface area contributed by atoms with Crippen LogP contribution in [-0.4, -0.2) is 6.79 Å². The minimum absolute atomic E-state index is 0.277. The first-order chi connectivity index (χ1) is 7.26. The minimum atomic E-state index is -0.277. The van der Waals surface area contributed by atoms with Crippen LogP contribution >= 0.6 is 0 Å². The average Bonchev–Trinajstić information content (AvgIpc) is 2.74. The highest BCUT2D eigenvalue weighted by Gasteiger charge is 2.53. The second kappa shape index (κ2) is 2.66. The van der Waals surface area contributed by atoms with E-state index in [4.69, 9.17) is 9.47 Å². The maximum absolute atomic E-state index is 9.21. The first-order valence-electron chi connectivity index (χ1n) is 5.08. The van der Waals surface area contributed by atoms with Gasteiger partial charge in [-0.25, -0.2) is 0 Å². The lowest BCUT2D eigenvalue weighted by Crippen LogP contribution is -2.05. The van der Waals surface area contributed by atoms with Crippen LogP contribution in [0.3, 0.4) is 0 Å². The van der Waals surface area contributed by atoms with Crippen molar-refractivity contribution in [2.45, 2.75) is 18.8 Å². The summed E-state index contributed by atoms with van der Waals surface area (Å²) < 4.78 is 10.6. The first kappa shape index (κ1) is 8.60. The summed E-state index contributed by atoms with van der Waals surface area (Å²) in [6.07, 6.45) is 0.948. The molecule has 2 atom stereocenters. The standard InChI is InChI=1S/C12H11NO2/c1-8-5-12(8,6-13)9-2-3-10-11(4-9)15-7-14-10/h2-4,8H,5,7H2,1H3. The zero-order valence-electron chi connectivity index (χ0n) is 8.49. The first-order valence-corrected chi connectivity index (χ1v) is 5.08. The van der Waals surface area contributed by atoms with Crippen LogP contribution in [0.2, 0.25) is 0 Å². The number of nitriles is 1. The van der Waals surface area contributed by atoms with E-state index in [1.54, 1.807) is 0 Å². The summed E-state index contributed by atoms with van der Waals surface area (Å²) in [5.41, 5.74) is 0.780. The number of ether oxygens (including phenoxy) is 2. The fourth-order valence-electron chi connectivity index (χ4n) is 2.22. The highest BCUT2D eigenvalue weighted by atomic mass is 16.7. The summed E-state index contributed by atoms with van der Waals surface area (Å²) in [7, 11) is 0. The van der Waals surface area contributed by atoms with Crippen molar-refractivity contribution in [3.63, 3.8) is 0 Å². The molecule has 0 N–H and O–H groups in total. The van der Waals surface area contributed by atoms with Crippen LogP contribution in [-0.2, 0) is 5.41 Å². The molecule has 0 radical (unpaired) electrons. The fourth-order valence-corrected chi connectivity index (χ4v) is 2.22. The average molecular weight is 201 g/mol. The summed E-state index contributed by atoms with van der Waals surface area (Å²) in [5.74, 6) is 1.99. The van der Waals surface area contributed by atoms with Gasteiger partial charge in [-0.2, -0.15) is 5.26 Å². The molecule has 2 aliphatic rings. The highest BCUT2D eigenvalue weighted by molar-refractivity contribution is 5.51. The van der Waals surface area contributed by atoms with Crippen LogP contribution in [0.15, 0.2) is 18.2 Å². The Balaban J connectivity index is 2.05. The largest absolute Gasteiger partial charge is 0.454 e. The van der Waals surface area contributed by atoms with E-state index in [1.165, 1.54) is 0 Å². The molecule has 1 heterocycles. The van der Waals surface area contributed by atoms with E-state index in [0.29, 0.717) is 5.92 Å². The maximum atomic E-state index is 9.21. The molecular weight excluding hydrogens is 190 g/mol. The van der Waals surface area contributed by atoms with E-state index in [9.17, 15) is 5.26 Å². The molecule has 1 aromatic carbocycles. The van der Waals surface area contributed by atoms with Gasteiger partial charge in [-0.05, 0) is 30.0 Å². The van der Waals surface area contributed by atoms with E-state index in [2.05, 4.69) is 13.0 Å². The van der Waals surface area contributed by atoms with E-state index in [0.717, 1.165) is 23.5 Å². The van der Waals surface area contributed by atoms with Gasteiger partial charge in [0.2, 0.25) is 6.79 Å². The van der Waals surface area contributed by atoms with Gasteiger partial charge in [0, 0.05) is 0 Å². The second-order valence-electron chi connectivity index (χ2n) is 4.26. The summed E-state index contributed by atoms with van der Waals surface area (Å²) in [6.45, 7) is 2.39. The van der Waals surface area contributed by atoms with E-state index >= 15 is 0 Å². The van der Waals surface area contributed by atoms with Gasteiger partial charge in [0.1, 0.15) is 0 Å². The van der Waals surface area contributed by atoms with Crippen molar-refractivity contribution in [1.29, 1.82) is 5.26 Å². The molecule has 3 rings (SSSR count). The molecule has 1 saturated carbocycles.